The number of sulfone groups is 1. The molecule has 1 atom stereocenters. The zero-order valence-corrected chi connectivity index (χ0v) is 11.2. The Labute approximate surface area is 108 Å². The highest BCUT2D eigenvalue weighted by Gasteiger charge is 2.58. The van der Waals surface area contributed by atoms with Crippen molar-refractivity contribution in [3.8, 4) is 6.07 Å². The van der Waals surface area contributed by atoms with E-state index in [9.17, 15) is 30.4 Å². The van der Waals surface area contributed by atoms with Crippen molar-refractivity contribution >= 4 is 9.84 Å². The fourth-order valence-corrected chi connectivity index (χ4v) is 2.85. The molecular formula is C10H14F5NO2S. The van der Waals surface area contributed by atoms with E-state index in [-0.39, 0.29) is 6.42 Å². The van der Waals surface area contributed by atoms with Gasteiger partial charge in [-0.2, -0.15) is 27.2 Å². The first-order chi connectivity index (χ1) is 8.33. The molecule has 0 aromatic carbocycles. The lowest BCUT2D eigenvalue weighted by molar-refractivity contribution is -0.284. The highest BCUT2D eigenvalue weighted by atomic mass is 32.2. The van der Waals surface area contributed by atoms with Gasteiger partial charge in [-0.25, -0.2) is 8.42 Å². The van der Waals surface area contributed by atoms with Gasteiger partial charge >= 0.3 is 12.1 Å². The summed E-state index contributed by atoms with van der Waals surface area (Å²) in [6.45, 7) is 2.37. The van der Waals surface area contributed by atoms with Gasteiger partial charge in [0.25, 0.3) is 0 Å². The number of alkyl halides is 5. The molecule has 9 heteroatoms. The van der Waals surface area contributed by atoms with Crippen LogP contribution in [-0.4, -0.2) is 31.0 Å². The second-order valence-electron chi connectivity index (χ2n) is 4.36. The van der Waals surface area contributed by atoms with Crippen molar-refractivity contribution in [1.29, 1.82) is 5.26 Å². The molecule has 0 heterocycles. The molecule has 0 aromatic heterocycles. The lowest BCUT2D eigenvalue weighted by Crippen LogP contribution is -2.41. The highest BCUT2D eigenvalue weighted by molar-refractivity contribution is 7.93. The van der Waals surface area contributed by atoms with Crippen molar-refractivity contribution in [2.75, 3.05) is 5.75 Å². The molecule has 0 aliphatic rings. The van der Waals surface area contributed by atoms with Crippen molar-refractivity contribution in [3.05, 3.63) is 0 Å². The van der Waals surface area contributed by atoms with E-state index in [0.29, 0.717) is 0 Å². The molecule has 0 spiro atoms. The SMILES string of the molecule is CCCS(=O)(=O)C(C)(C#N)CCC(F)(F)C(F)(F)F. The van der Waals surface area contributed by atoms with Gasteiger partial charge in [0.15, 0.2) is 14.6 Å². The fourth-order valence-electron chi connectivity index (χ4n) is 1.31. The predicted octanol–water partition coefficient (Wildman–Crippen LogP) is 3.07. The molecule has 0 rings (SSSR count). The minimum absolute atomic E-state index is 0.148. The van der Waals surface area contributed by atoms with Crippen LogP contribution in [0, 0.1) is 11.3 Å². The van der Waals surface area contributed by atoms with Gasteiger partial charge in [-0.3, -0.25) is 0 Å². The van der Waals surface area contributed by atoms with Crippen LogP contribution in [0.25, 0.3) is 0 Å². The summed E-state index contributed by atoms with van der Waals surface area (Å²) in [5.74, 6) is -5.44. The molecule has 0 aliphatic carbocycles. The molecule has 19 heavy (non-hydrogen) atoms. The van der Waals surface area contributed by atoms with Gasteiger partial charge in [-0.15, -0.1) is 0 Å². The van der Waals surface area contributed by atoms with E-state index in [1.807, 2.05) is 0 Å². The van der Waals surface area contributed by atoms with Crippen LogP contribution in [-0.2, 0) is 9.84 Å². The Bertz CT molecular complexity index is 452. The lowest BCUT2D eigenvalue weighted by atomic mass is 10.0. The van der Waals surface area contributed by atoms with E-state index in [1.165, 1.54) is 13.0 Å². The molecule has 0 aliphatic heterocycles. The van der Waals surface area contributed by atoms with Crippen LogP contribution in [0.1, 0.15) is 33.1 Å². The van der Waals surface area contributed by atoms with Crippen molar-refractivity contribution in [2.45, 2.75) is 50.0 Å². The highest BCUT2D eigenvalue weighted by Crippen LogP contribution is 2.41. The Hall–Kier alpha value is -0.910. The first-order valence-corrected chi connectivity index (χ1v) is 7.06. The number of nitrogens with zero attached hydrogens (tertiary/aromatic N) is 1. The molecule has 0 amide bonds. The maximum atomic E-state index is 12.7. The van der Waals surface area contributed by atoms with Crippen LogP contribution < -0.4 is 0 Å². The van der Waals surface area contributed by atoms with Gasteiger partial charge < -0.3 is 0 Å². The minimum Gasteiger partial charge on any atom is -0.227 e. The predicted molar refractivity (Wildman–Crippen MR) is 58.3 cm³/mol. The normalized spacial score (nSPS) is 16.7. The van der Waals surface area contributed by atoms with Gasteiger partial charge in [-0.05, 0) is 19.8 Å². The molecule has 112 valence electrons. The van der Waals surface area contributed by atoms with Gasteiger partial charge in [0.1, 0.15) is 0 Å². The maximum Gasteiger partial charge on any atom is 0.453 e. The van der Waals surface area contributed by atoms with E-state index in [0.717, 1.165) is 6.92 Å². The van der Waals surface area contributed by atoms with Crippen LogP contribution in [0.3, 0.4) is 0 Å². The Morgan fingerprint density at radius 1 is 1.11 bits per heavy atom. The summed E-state index contributed by atoms with van der Waals surface area (Å²) >= 11 is 0. The average molecular weight is 307 g/mol. The second-order valence-corrected chi connectivity index (χ2v) is 6.90. The zero-order valence-electron chi connectivity index (χ0n) is 10.4. The van der Waals surface area contributed by atoms with Crippen LogP contribution in [0.4, 0.5) is 22.0 Å². The average Bonchev–Trinajstić information content (AvgIpc) is 2.24. The third kappa shape index (κ3) is 4.03. The summed E-state index contributed by atoms with van der Waals surface area (Å²) in [5.41, 5.74) is 0. The summed E-state index contributed by atoms with van der Waals surface area (Å²) < 4.78 is 82.6. The summed E-state index contributed by atoms with van der Waals surface area (Å²) in [5, 5.41) is 8.79. The van der Waals surface area contributed by atoms with Crippen LogP contribution in [0.5, 0.6) is 0 Å². The molecule has 0 fully saturated rings. The van der Waals surface area contributed by atoms with Gasteiger partial charge in [0.05, 0.1) is 11.8 Å². The standard InChI is InChI=1S/C10H14F5NO2S/c1-3-6-19(17,18)8(2,7-16)4-5-9(11,12)10(13,14)15/h3-6H2,1-2H3. The van der Waals surface area contributed by atoms with E-state index >= 15 is 0 Å². The maximum absolute atomic E-state index is 12.7. The van der Waals surface area contributed by atoms with Crippen molar-refractivity contribution in [2.24, 2.45) is 0 Å². The fraction of sp³-hybridized carbons (Fsp3) is 0.900. The Balaban J connectivity index is 5.11. The van der Waals surface area contributed by atoms with Crippen LogP contribution in [0.15, 0.2) is 0 Å². The first-order valence-electron chi connectivity index (χ1n) is 5.41. The third-order valence-electron chi connectivity index (χ3n) is 2.73. The first kappa shape index (κ1) is 18.1. The number of rotatable bonds is 6. The molecule has 3 nitrogen and oxygen atoms in total. The van der Waals surface area contributed by atoms with Gasteiger partial charge in [0.2, 0.25) is 0 Å². The largest absolute Gasteiger partial charge is 0.453 e. The summed E-state index contributed by atoms with van der Waals surface area (Å²) in [6, 6.07) is 1.34. The molecule has 0 radical (unpaired) electrons. The zero-order chi connectivity index (χ0) is 15.5. The van der Waals surface area contributed by atoms with E-state index in [1.54, 1.807) is 0 Å². The van der Waals surface area contributed by atoms with Crippen molar-refractivity contribution in [1.82, 2.24) is 0 Å². The summed E-state index contributed by atoms with van der Waals surface area (Å²) in [7, 11) is -4.05. The molecule has 0 saturated carbocycles. The topological polar surface area (TPSA) is 57.9 Å². The van der Waals surface area contributed by atoms with Crippen molar-refractivity contribution < 1.29 is 30.4 Å². The minimum atomic E-state index is -5.75. The third-order valence-corrected chi connectivity index (χ3v) is 5.34. The second kappa shape index (κ2) is 5.61. The molecule has 0 bridgehead atoms. The van der Waals surface area contributed by atoms with Gasteiger partial charge in [-0.1, -0.05) is 6.92 Å². The van der Waals surface area contributed by atoms with Gasteiger partial charge in [0, 0.05) is 6.42 Å². The molecule has 0 aromatic rings. The number of halogens is 5. The van der Waals surface area contributed by atoms with E-state index in [4.69, 9.17) is 5.26 Å². The molecule has 1 unspecified atom stereocenters. The molecule has 0 N–H and O–H groups in total. The summed E-state index contributed by atoms with van der Waals surface area (Å²) in [4.78, 5) is 0. The van der Waals surface area contributed by atoms with E-state index < -0.39 is 45.3 Å². The lowest BCUT2D eigenvalue weighted by Gasteiger charge is -2.25. The quantitative estimate of drug-likeness (QED) is 0.709. The number of hydrogen-bond acceptors (Lipinski definition) is 3. The Kier molecular flexibility index (Phi) is 5.34. The summed E-state index contributed by atoms with van der Waals surface area (Å²) in [6.07, 6.45) is -8.41. The van der Waals surface area contributed by atoms with E-state index in [2.05, 4.69) is 0 Å². The smallest absolute Gasteiger partial charge is 0.227 e. The Morgan fingerprint density at radius 3 is 1.89 bits per heavy atom. The van der Waals surface area contributed by atoms with Crippen LogP contribution in [0.2, 0.25) is 0 Å². The molecular weight excluding hydrogens is 293 g/mol. The molecule has 0 saturated heterocycles. The number of hydrogen-bond donors (Lipinski definition) is 0. The Morgan fingerprint density at radius 2 is 1.58 bits per heavy atom. The number of nitriles is 1. The van der Waals surface area contributed by atoms with Crippen LogP contribution >= 0.6 is 0 Å². The monoisotopic (exact) mass is 307 g/mol. The van der Waals surface area contributed by atoms with Crippen molar-refractivity contribution in [3.63, 3.8) is 0 Å².